The van der Waals surface area contributed by atoms with E-state index in [1.807, 2.05) is 0 Å². The van der Waals surface area contributed by atoms with Crippen LogP contribution >= 0.6 is 0 Å². The number of para-hydroxylation sites is 1. The Balaban J connectivity index is 3.14. The molecule has 0 aliphatic carbocycles. The Labute approximate surface area is 80.1 Å². The molecule has 2 N–H and O–H groups in total. The summed E-state index contributed by atoms with van der Waals surface area (Å²) >= 11 is 0. The molecular formula is C9H9NO4. The molecule has 0 amide bonds. The predicted molar refractivity (Wildman–Crippen MR) is 50.9 cm³/mol. The SMILES string of the molecule is O=[N+]([O-])c1cccc(/C=C/CO)c1O. The van der Waals surface area contributed by atoms with Crippen LogP contribution in [0.15, 0.2) is 24.3 Å². The molecular weight excluding hydrogens is 186 g/mol. The standard InChI is InChI=1S/C9H9NO4/c11-6-2-4-7-3-1-5-8(9(7)12)10(13)14/h1-5,11-12H,6H2/b4-2+. The van der Waals surface area contributed by atoms with Crippen molar-refractivity contribution in [2.75, 3.05) is 6.61 Å². The Morgan fingerprint density at radius 2 is 2.21 bits per heavy atom. The summed E-state index contributed by atoms with van der Waals surface area (Å²) in [7, 11) is 0. The summed E-state index contributed by atoms with van der Waals surface area (Å²) < 4.78 is 0. The van der Waals surface area contributed by atoms with Crippen LogP contribution in [-0.2, 0) is 0 Å². The van der Waals surface area contributed by atoms with Crippen LogP contribution in [-0.4, -0.2) is 21.7 Å². The molecule has 0 bridgehead atoms. The van der Waals surface area contributed by atoms with Crippen LogP contribution in [0.1, 0.15) is 5.56 Å². The summed E-state index contributed by atoms with van der Waals surface area (Å²) in [5.74, 6) is -0.387. The number of hydrogen-bond donors (Lipinski definition) is 2. The van der Waals surface area contributed by atoms with Gasteiger partial charge in [0.15, 0.2) is 0 Å². The number of aliphatic hydroxyl groups is 1. The number of nitro benzene ring substituents is 1. The Bertz CT molecular complexity index is 373. The van der Waals surface area contributed by atoms with Crippen molar-refractivity contribution < 1.29 is 15.1 Å². The summed E-state index contributed by atoms with van der Waals surface area (Å²) in [6.07, 6.45) is 2.81. The molecule has 74 valence electrons. The second kappa shape index (κ2) is 4.38. The molecule has 0 heterocycles. The van der Waals surface area contributed by atoms with Crippen LogP contribution in [0.5, 0.6) is 5.75 Å². The first kappa shape index (κ1) is 10.2. The van der Waals surface area contributed by atoms with Crippen molar-refractivity contribution in [2.45, 2.75) is 0 Å². The first-order valence-electron chi connectivity index (χ1n) is 3.90. The van der Waals surface area contributed by atoms with E-state index >= 15 is 0 Å². The largest absolute Gasteiger partial charge is 0.502 e. The van der Waals surface area contributed by atoms with Gasteiger partial charge in [0.1, 0.15) is 0 Å². The molecule has 0 saturated carbocycles. The lowest BCUT2D eigenvalue weighted by molar-refractivity contribution is -0.385. The summed E-state index contributed by atoms with van der Waals surface area (Å²) in [5.41, 5.74) is -0.0293. The van der Waals surface area contributed by atoms with E-state index in [0.29, 0.717) is 5.56 Å². The van der Waals surface area contributed by atoms with Gasteiger partial charge in [0, 0.05) is 11.6 Å². The van der Waals surface area contributed by atoms with Gasteiger partial charge in [0.2, 0.25) is 5.75 Å². The fourth-order valence-corrected chi connectivity index (χ4v) is 1.01. The monoisotopic (exact) mass is 195 g/mol. The minimum atomic E-state index is -0.661. The molecule has 0 spiro atoms. The van der Waals surface area contributed by atoms with Crippen molar-refractivity contribution in [3.63, 3.8) is 0 Å². The number of hydrogen-bond acceptors (Lipinski definition) is 4. The zero-order chi connectivity index (χ0) is 10.6. The number of nitrogens with zero attached hydrogens (tertiary/aromatic N) is 1. The van der Waals surface area contributed by atoms with Crippen LogP contribution in [0.3, 0.4) is 0 Å². The molecule has 0 atom stereocenters. The lowest BCUT2D eigenvalue weighted by Gasteiger charge is -1.99. The molecule has 0 radical (unpaired) electrons. The first-order valence-corrected chi connectivity index (χ1v) is 3.90. The van der Waals surface area contributed by atoms with Crippen molar-refractivity contribution in [1.82, 2.24) is 0 Å². The van der Waals surface area contributed by atoms with Gasteiger partial charge in [-0.15, -0.1) is 0 Å². The maximum absolute atomic E-state index is 10.4. The minimum Gasteiger partial charge on any atom is -0.502 e. The van der Waals surface area contributed by atoms with E-state index in [-0.39, 0.29) is 18.0 Å². The number of aliphatic hydroxyl groups excluding tert-OH is 1. The molecule has 1 aromatic carbocycles. The molecule has 0 fully saturated rings. The third kappa shape index (κ3) is 2.08. The maximum Gasteiger partial charge on any atom is 0.311 e. The number of nitro groups is 1. The second-order valence-electron chi connectivity index (χ2n) is 2.56. The minimum absolute atomic E-state index is 0.178. The van der Waals surface area contributed by atoms with E-state index in [4.69, 9.17) is 5.11 Å². The Hall–Kier alpha value is -1.88. The van der Waals surface area contributed by atoms with Crippen molar-refractivity contribution in [3.05, 3.63) is 40.0 Å². The highest BCUT2D eigenvalue weighted by molar-refractivity contribution is 5.63. The first-order chi connectivity index (χ1) is 6.66. The van der Waals surface area contributed by atoms with Gasteiger partial charge in [-0.2, -0.15) is 0 Å². The van der Waals surface area contributed by atoms with Crippen molar-refractivity contribution in [3.8, 4) is 5.75 Å². The number of phenols is 1. The van der Waals surface area contributed by atoms with Gasteiger partial charge >= 0.3 is 5.69 Å². The molecule has 5 heteroatoms. The van der Waals surface area contributed by atoms with Gasteiger partial charge in [-0.25, -0.2) is 0 Å². The number of aromatic hydroxyl groups is 1. The van der Waals surface area contributed by atoms with E-state index in [2.05, 4.69) is 0 Å². The number of rotatable bonds is 3. The van der Waals surface area contributed by atoms with Crippen LogP contribution in [0.4, 0.5) is 5.69 Å². The smallest absolute Gasteiger partial charge is 0.311 e. The van der Waals surface area contributed by atoms with Gasteiger partial charge in [-0.1, -0.05) is 24.3 Å². The zero-order valence-electron chi connectivity index (χ0n) is 7.25. The fourth-order valence-electron chi connectivity index (χ4n) is 1.01. The Morgan fingerprint density at radius 1 is 1.50 bits per heavy atom. The molecule has 0 unspecified atom stereocenters. The van der Waals surface area contributed by atoms with Crippen molar-refractivity contribution in [1.29, 1.82) is 0 Å². The summed E-state index contributed by atoms with van der Waals surface area (Å²) in [6, 6.07) is 4.20. The average Bonchev–Trinajstić information content (AvgIpc) is 2.16. The van der Waals surface area contributed by atoms with Crippen molar-refractivity contribution in [2.24, 2.45) is 0 Å². The van der Waals surface area contributed by atoms with Gasteiger partial charge in [0.05, 0.1) is 11.5 Å². The Morgan fingerprint density at radius 3 is 2.79 bits per heavy atom. The molecule has 0 aliphatic heterocycles. The second-order valence-corrected chi connectivity index (χ2v) is 2.56. The summed E-state index contributed by atoms with van der Waals surface area (Å²) in [5, 5.41) is 28.3. The third-order valence-electron chi connectivity index (χ3n) is 1.65. The predicted octanol–water partition coefficient (Wildman–Crippen LogP) is 1.31. The molecule has 5 nitrogen and oxygen atoms in total. The molecule has 14 heavy (non-hydrogen) atoms. The van der Waals surface area contributed by atoms with E-state index < -0.39 is 4.92 Å². The molecule has 0 saturated heterocycles. The van der Waals surface area contributed by atoms with E-state index in [1.165, 1.54) is 30.4 Å². The average molecular weight is 195 g/mol. The third-order valence-corrected chi connectivity index (χ3v) is 1.65. The lowest BCUT2D eigenvalue weighted by atomic mass is 10.1. The van der Waals surface area contributed by atoms with Crippen LogP contribution in [0.2, 0.25) is 0 Å². The highest BCUT2D eigenvalue weighted by atomic mass is 16.6. The quantitative estimate of drug-likeness (QED) is 0.562. The van der Waals surface area contributed by atoms with E-state index in [0.717, 1.165) is 0 Å². The Kier molecular flexibility index (Phi) is 3.19. The van der Waals surface area contributed by atoms with E-state index in [1.54, 1.807) is 0 Å². The van der Waals surface area contributed by atoms with Gasteiger partial charge in [-0.05, 0) is 0 Å². The lowest BCUT2D eigenvalue weighted by Crippen LogP contribution is -1.89. The molecule has 0 aliphatic rings. The maximum atomic E-state index is 10.4. The molecule has 1 aromatic rings. The van der Waals surface area contributed by atoms with E-state index in [9.17, 15) is 15.2 Å². The normalized spacial score (nSPS) is 10.6. The highest BCUT2D eigenvalue weighted by Gasteiger charge is 2.14. The number of phenolic OH excluding ortho intramolecular Hbond substituents is 1. The van der Waals surface area contributed by atoms with Crippen LogP contribution in [0, 0.1) is 10.1 Å². The molecule has 0 aromatic heterocycles. The van der Waals surface area contributed by atoms with Gasteiger partial charge in [0.25, 0.3) is 0 Å². The van der Waals surface area contributed by atoms with Crippen molar-refractivity contribution >= 4 is 11.8 Å². The highest BCUT2D eigenvalue weighted by Crippen LogP contribution is 2.29. The summed E-state index contributed by atoms with van der Waals surface area (Å²) in [6.45, 7) is -0.178. The van der Waals surface area contributed by atoms with Gasteiger partial charge < -0.3 is 10.2 Å². The van der Waals surface area contributed by atoms with Crippen LogP contribution < -0.4 is 0 Å². The topological polar surface area (TPSA) is 83.6 Å². The fraction of sp³-hybridized carbons (Fsp3) is 0.111. The summed E-state index contributed by atoms with van der Waals surface area (Å²) in [4.78, 5) is 9.76. The zero-order valence-corrected chi connectivity index (χ0v) is 7.25. The molecule has 1 rings (SSSR count). The number of benzene rings is 1. The van der Waals surface area contributed by atoms with Crippen LogP contribution in [0.25, 0.3) is 6.08 Å². The van der Waals surface area contributed by atoms with Gasteiger partial charge in [-0.3, -0.25) is 10.1 Å².